The molecule has 4 nitrogen and oxygen atoms in total. The van der Waals surface area contributed by atoms with Crippen LogP contribution in [0.25, 0.3) is 0 Å². The lowest BCUT2D eigenvalue weighted by atomic mass is 10.1. The van der Waals surface area contributed by atoms with Gasteiger partial charge in [-0.05, 0) is 45.2 Å². The molecule has 20 heavy (non-hydrogen) atoms. The average molecular weight is 279 g/mol. The zero-order valence-corrected chi connectivity index (χ0v) is 13.1. The lowest BCUT2D eigenvalue weighted by Gasteiger charge is -2.19. The van der Waals surface area contributed by atoms with Crippen LogP contribution in [0.2, 0.25) is 0 Å². The predicted octanol–water partition coefficient (Wildman–Crippen LogP) is 2.22. The van der Waals surface area contributed by atoms with Gasteiger partial charge in [0.25, 0.3) is 5.91 Å². The van der Waals surface area contributed by atoms with Crippen LogP contribution < -0.4 is 4.74 Å². The molecule has 0 saturated carbocycles. The lowest BCUT2D eigenvalue weighted by molar-refractivity contribution is -0.132. The Balaban J connectivity index is 2.57. The Kier molecular flexibility index (Phi) is 6.02. The van der Waals surface area contributed by atoms with Crippen molar-refractivity contribution < 1.29 is 14.6 Å². The van der Waals surface area contributed by atoms with Gasteiger partial charge in [-0.2, -0.15) is 0 Å². The molecule has 0 aliphatic carbocycles. The Morgan fingerprint density at radius 1 is 1.30 bits per heavy atom. The van der Waals surface area contributed by atoms with E-state index in [9.17, 15) is 9.90 Å². The minimum Gasteiger partial charge on any atom is -0.483 e. The number of aryl methyl sites for hydroxylation is 3. The maximum atomic E-state index is 11.9. The highest BCUT2D eigenvalue weighted by molar-refractivity contribution is 5.77. The van der Waals surface area contributed by atoms with E-state index in [1.807, 2.05) is 32.9 Å². The van der Waals surface area contributed by atoms with E-state index in [-0.39, 0.29) is 12.5 Å². The Labute approximate surface area is 121 Å². The number of hydrogen-bond acceptors (Lipinski definition) is 3. The number of nitrogens with zero attached hydrogens (tertiary/aromatic N) is 1. The predicted molar refractivity (Wildman–Crippen MR) is 80.1 cm³/mol. The van der Waals surface area contributed by atoms with Gasteiger partial charge in [0.15, 0.2) is 6.61 Å². The van der Waals surface area contributed by atoms with Gasteiger partial charge in [-0.25, -0.2) is 0 Å². The highest BCUT2D eigenvalue weighted by Gasteiger charge is 2.12. The van der Waals surface area contributed by atoms with Crippen molar-refractivity contribution in [1.29, 1.82) is 0 Å². The Morgan fingerprint density at radius 2 is 1.85 bits per heavy atom. The van der Waals surface area contributed by atoms with E-state index in [0.29, 0.717) is 13.0 Å². The monoisotopic (exact) mass is 279 g/mol. The molecule has 1 unspecified atom stereocenters. The van der Waals surface area contributed by atoms with Gasteiger partial charge in [0.1, 0.15) is 5.75 Å². The molecule has 4 heteroatoms. The molecule has 1 N–H and O–H groups in total. The first-order chi connectivity index (χ1) is 9.31. The third-order valence-electron chi connectivity index (χ3n) is 3.25. The summed E-state index contributed by atoms with van der Waals surface area (Å²) in [5.74, 6) is 0.706. The van der Waals surface area contributed by atoms with E-state index in [2.05, 4.69) is 0 Å². The van der Waals surface area contributed by atoms with Crippen molar-refractivity contribution in [2.45, 2.75) is 40.2 Å². The van der Waals surface area contributed by atoms with Gasteiger partial charge in [0.05, 0.1) is 6.10 Å². The van der Waals surface area contributed by atoms with Crippen LogP contribution >= 0.6 is 0 Å². The van der Waals surface area contributed by atoms with Crippen LogP contribution in [0.3, 0.4) is 0 Å². The zero-order chi connectivity index (χ0) is 15.3. The highest BCUT2D eigenvalue weighted by atomic mass is 16.5. The SMILES string of the molecule is Cc1cc(C)c(OCC(=O)N(C)CCC(C)O)c(C)c1. The third kappa shape index (κ3) is 4.85. The summed E-state index contributed by atoms with van der Waals surface area (Å²) >= 11 is 0. The fraction of sp³-hybridized carbons (Fsp3) is 0.562. The van der Waals surface area contributed by atoms with Crippen LogP contribution in [0.1, 0.15) is 30.0 Å². The third-order valence-corrected chi connectivity index (χ3v) is 3.25. The van der Waals surface area contributed by atoms with E-state index >= 15 is 0 Å². The maximum Gasteiger partial charge on any atom is 0.260 e. The highest BCUT2D eigenvalue weighted by Crippen LogP contribution is 2.24. The summed E-state index contributed by atoms with van der Waals surface area (Å²) < 4.78 is 5.66. The molecule has 1 aromatic rings. The van der Waals surface area contributed by atoms with Crippen molar-refractivity contribution in [3.8, 4) is 5.75 Å². The quantitative estimate of drug-likeness (QED) is 0.868. The number of carbonyl (C=O) groups is 1. The smallest absolute Gasteiger partial charge is 0.260 e. The minimum absolute atomic E-state index is 0.0288. The second-order valence-corrected chi connectivity index (χ2v) is 5.47. The second kappa shape index (κ2) is 7.29. The second-order valence-electron chi connectivity index (χ2n) is 5.47. The van der Waals surface area contributed by atoms with Crippen LogP contribution in [0.15, 0.2) is 12.1 Å². The van der Waals surface area contributed by atoms with Gasteiger partial charge in [-0.15, -0.1) is 0 Å². The molecule has 112 valence electrons. The number of aliphatic hydroxyl groups is 1. The molecule has 0 aliphatic rings. The molecular weight excluding hydrogens is 254 g/mol. The molecule has 0 radical (unpaired) electrons. The van der Waals surface area contributed by atoms with Crippen LogP contribution in [-0.4, -0.2) is 42.2 Å². The minimum atomic E-state index is -0.396. The Bertz CT molecular complexity index is 446. The summed E-state index contributed by atoms with van der Waals surface area (Å²) in [4.78, 5) is 13.5. The number of likely N-dealkylation sites (N-methyl/N-ethyl adjacent to an activating group) is 1. The zero-order valence-electron chi connectivity index (χ0n) is 13.1. The first-order valence-electron chi connectivity index (χ1n) is 6.94. The van der Waals surface area contributed by atoms with Gasteiger partial charge in [-0.1, -0.05) is 17.7 Å². The summed E-state index contributed by atoms with van der Waals surface area (Å²) in [6.07, 6.45) is 0.179. The number of amides is 1. The van der Waals surface area contributed by atoms with Crippen molar-refractivity contribution in [3.63, 3.8) is 0 Å². The van der Waals surface area contributed by atoms with Gasteiger partial charge in [0.2, 0.25) is 0 Å². The molecule has 1 rings (SSSR count). The summed E-state index contributed by atoms with van der Waals surface area (Å²) in [6, 6.07) is 4.09. The summed E-state index contributed by atoms with van der Waals surface area (Å²) in [7, 11) is 1.73. The molecule has 1 amide bonds. The summed E-state index contributed by atoms with van der Waals surface area (Å²) in [5, 5.41) is 9.22. The number of aliphatic hydroxyl groups excluding tert-OH is 1. The number of rotatable bonds is 6. The van der Waals surface area contributed by atoms with Crippen LogP contribution in [0.4, 0.5) is 0 Å². The molecule has 0 saturated heterocycles. The van der Waals surface area contributed by atoms with E-state index in [0.717, 1.165) is 16.9 Å². The van der Waals surface area contributed by atoms with Crippen molar-refractivity contribution in [2.75, 3.05) is 20.2 Å². The lowest BCUT2D eigenvalue weighted by Crippen LogP contribution is -2.33. The number of ether oxygens (including phenoxy) is 1. The average Bonchev–Trinajstić information content (AvgIpc) is 2.34. The Morgan fingerprint density at radius 3 is 2.35 bits per heavy atom. The molecule has 1 aromatic carbocycles. The molecular formula is C16H25NO3. The molecule has 0 bridgehead atoms. The molecule has 0 spiro atoms. The van der Waals surface area contributed by atoms with Crippen molar-refractivity contribution >= 4 is 5.91 Å². The van der Waals surface area contributed by atoms with E-state index in [1.165, 1.54) is 5.56 Å². The molecule has 0 aromatic heterocycles. The van der Waals surface area contributed by atoms with Crippen LogP contribution in [0, 0.1) is 20.8 Å². The molecule has 1 atom stereocenters. The fourth-order valence-electron chi connectivity index (χ4n) is 2.14. The molecule has 0 fully saturated rings. The standard InChI is InChI=1S/C16H25NO3/c1-11-8-12(2)16(13(3)9-11)20-10-15(19)17(5)7-6-14(4)18/h8-9,14,18H,6-7,10H2,1-5H3. The van der Waals surface area contributed by atoms with Crippen molar-refractivity contribution in [3.05, 3.63) is 28.8 Å². The van der Waals surface area contributed by atoms with Crippen LogP contribution in [-0.2, 0) is 4.79 Å². The van der Waals surface area contributed by atoms with Crippen molar-refractivity contribution in [1.82, 2.24) is 4.90 Å². The largest absolute Gasteiger partial charge is 0.483 e. The first kappa shape index (κ1) is 16.5. The Hall–Kier alpha value is -1.55. The summed E-state index contributed by atoms with van der Waals surface area (Å²) in [6.45, 7) is 8.29. The first-order valence-corrected chi connectivity index (χ1v) is 6.94. The topological polar surface area (TPSA) is 49.8 Å². The normalized spacial score (nSPS) is 12.1. The maximum absolute atomic E-state index is 11.9. The summed E-state index contributed by atoms with van der Waals surface area (Å²) in [5.41, 5.74) is 3.27. The van der Waals surface area contributed by atoms with Crippen molar-refractivity contribution in [2.24, 2.45) is 0 Å². The molecule has 0 heterocycles. The number of benzene rings is 1. The van der Waals surface area contributed by atoms with Gasteiger partial charge in [-0.3, -0.25) is 4.79 Å². The van der Waals surface area contributed by atoms with E-state index < -0.39 is 6.10 Å². The van der Waals surface area contributed by atoms with E-state index in [4.69, 9.17) is 4.74 Å². The molecule has 0 aliphatic heterocycles. The fourth-order valence-corrected chi connectivity index (χ4v) is 2.14. The van der Waals surface area contributed by atoms with Gasteiger partial charge >= 0.3 is 0 Å². The van der Waals surface area contributed by atoms with Gasteiger partial charge < -0.3 is 14.7 Å². The number of carbonyl (C=O) groups excluding carboxylic acids is 1. The van der Waals surface area contributed by atoms with E-state index in [1.54, 1.807) is 18.9 Å². The van der Waals surface area contributed by atoms with Gasteiger partial charge in [0, 0.05) is 13.6 Å². The van der Waals surface area contributed by atoms with Crippen LogP contribution in [0.5, 0.6) is 5.75 Å². The number of hydrogen-bond donors (Lipinski definition) is 1.